The summed E-state index contributed by atoms with van der Waals surface area (Å²) in [5.74, 6) is -0.974. The second-order valence-electron chi connectivity index (χ2n) is 6.11. The minimum atomic E-state index is -4.04. The predicted molar refractivity (Wildman–Crippen MR) is 108 cm³/mol. The van der Waals surface area contributed by atoms with E-state index in [1.54, 1.807) is 30.3 Å². The number of fused-ring (bicyclic) bond motifs is 1. The molecule has 0 saturated heterocycles. The molecule has 0 aliphatic rings. The van der Waals surface area contributed by atoms with Gasteiger partial charge in [-0.05, 0) is 71.0 Å². The highest BCUT2D eigenvalue weighted by atomic mass is 32.2. The van der Waals surface area contributed by atoms with Gasteiger partial charge in [-0.15, -0.1) is 0 Å². The van der Waals surface area contributed by atoms with Gasteiger partial charge in [0.1, 0.15) is 10.6 Å². The second-order valence-corrected chi connectivity index (χ2v) is 8.87. The van der Waals surface area contributed by atoms with Crippen LogP contribution in [0.4, 0.5) is 5.69 Å². The molecule has 0 radical (unpaired) electrons. The Balaban J connectivity index is 1.66. The zero-order valence-electron chi connectivity index (χ0n) is 15.0. The number of anilines is 1. The number of carboxylic acids is 1. The Kier molecular flexibility index (Phi) is 5.06. The van der Waals surface area contributed by atoms with Crippen LogP contribution in [0.2, 0.25) is 0 Å². The van der Waals surface area contributed by atoms with Crippen LogP contribution in [0.3, 0.4) is 0 Å². The number of sulfonamides is 1. The quantitative estimate of drug-likeness (QED) is 0.407. The molecule has 3 aromatic carbocycles. The lowest BCUT2D eigenvalue weighted by molar-refractivity contribution is 0.0697. The maximum absolute atomic E-state index is 12.9. The normalized spacial score (nSPS) is 11.5. The highest BCUT2D eigenvalue weighted by Gasteiger charge is 2.23. The summed E-state index contributed by atoms with van der Waals surface area (Å²) >= 11 is 1.31. The van der Waals surface area contributed by atoms with E-state index in [0.717, 1.165) is 4.90 Å². The lowest BCUT2D eigenvalue weighted by Gasteiger charge is -2.09. The molecule has 4 rings (SSSR count). The fourth-order valence-corrected chi connectivity index (χ4v) is 4.74. The summed E-state index contributed by atoms with van der Waals surface area (Å²) in [6, 6.07) is 14.8. The molecule has 0 amide bonds. The molecule has 30 heavy (non-hydrogen) atoms. The molecular weight excluding hydrogens is 430 g/mol. The van der Waals surface area contributed by atoms with Crippen molar-refractivity contribution >= 4 is 44.5 Å². The Bertz CT molecular complexity index is 1330. The van der Waals surface area contributed by atoms with Gasteiger partial charge >= 0.3 is 5.97 Å². The summed E-state index contributed by atoms with van der Waals surface area (Å²) in [6.07, 6.45) is 0. The van der Waals surface area contributed by atoms with Crippen LogP contribution in [-0.2, 0) is 10.0 Å². The molecule has 0 spiro atoms. The highest BCUT2D eigenvalue weighted by Crippen LogP contribution is 2.35. The van der Waals surface area contributed by atoms with E-state index in [-0.39, 0.29) is 32.9 Å². The smallest absolute Gasteiger partial charge is 0.335 e. The first-order chi connectivity index (χ1) is 14.3. The Labute approximate surface area is 174 Å². The summed E-state index contributed by atoms with van der Waals surface area (Å²) in [6.45, 7) is 0. The van der Waals surface area contributed by atoms with Gasteiger partial charge in [0.2, 0.25) is 0 Å². The molecule has 9 nitrogen and oxygen atoms in total. The Morgan fingerprint density at radius 2 is 1.60 bits per heavy atom. The fourth-order valence-electron chi connectivity index (χ4n) is 2.65. The first kappa shape index (κ1) is 19.7. The number of aromatic hydroxyl groups is 1. The van der Waals surface area contributed by atoms with Gasteiger partial charge in [-0.2, -0.15) is 0 Å². The third-order valence-corrected chi connectivity index (χ3v) is 6.55. The van der Waals surface area contributed by atoms with Crippen molar-refractivity contribution in [3.63, 3.8) is 0 Å². The molecule has 4 aromatic rings. The van der Waals surface area contributed by atoms with Crippen molar-refractivity contribution < 1.29 is 28.1 Å². The minimum absolute atomic E-state index is 0.0386. The van der Waals surface area contributed by atoms with Crippen LogP contribution in [0.25, 0.3) is 11.0 Å². The van der Waals surface area contributed by atoms with Gasteiger partial charge in [0.05, 0.1) is 5.56 Å². The Hall–Kier alpha value is -3.57. The zero-order valence-corrected chi connectivity index (χ0v) is 16.6. The molecule has 0 aliphatic carbocycles. The van der Waals surface area contributed by atoms with Gasteiger partial charge in [0, 0.05) is 15.5 Å². The van der Waals surface area contributed by atoms with E-state index in [2.05, 4.69) is 15.0 Å². The second kappa shape index (κ2) is 7.69. The number of nitrogens with one attached hydrogen (secondary N) is 1. The maximum Gasteiger partial charge on any atom is 0.335 e. The highest BCUT2D eigenvalue weighted by molar-refractivity contribution is 7.99. The van der Waals surface area contributed by atoms with E-state index in [0.29, 0.717) is 4.90 Å². The third-order valence-electron chi connectivity index (χ3n) is 4.08. The summed E-state index contributed by atoms with van der Waals surface area (Å²) in [4.78, 5) is 12.2. The van der Waals surface area contributed by atoms with Gasteiger partial charge in [-0.1, -0.05) is 11.8 Å². The number of phenolic OH excluding ortho intramolecular Hbond substituents is 1. The standard InChI is InChI=1S/C19H13N3O6S2/c23-13-5-7-14(8-6-13)29-15-9-10-16(18-17(15)20-28-21-18)30(26,27)22-12-3-1-11(2-4-12)19(24)25/h1-10,22-23H,(H,24,25). The molecule has 152 valence electrons. The number of rotatable bonds is 6. The molecule has 1 aromatic heterocycles. The number of benzene rings is 3. The minimum Gasteiger partial charge on any atom is -0.508 e. The van der Waals surface area contributed by atoms with Crippen LogP contribution in [-0.4, -0.2) is 34.9 Å². The molecule has 0 bridgehead atoms. The lowest BCUT2D eigenvalue weighted by Crippen LogP contribution is -2.13. The lowest BCUT2D eigenvalue weighted by atomic mass is 10.2. The average Bonchev–Trinajstić information content (AvgIpc) is 3.20. The van der Waals surface area contributed by atoms with Gasteiger partial charge in [-0.25, -0.2) is 17.8 Å². The van der Waals surface area contributed by atoms with E-state index in [1.807, 2.05) is 0 Å². The molecule has 0 saturated carbocycles. The molecule has 3 N–H and O–H groups in total. The number of hydrogen-bond donors (Lipinski definition) is 3. The van der Waals surface area contributed by atoms with Crippen LogP contribution in [0.15, 0.2) is 80.0 Å². The number of aromatic carboxylic acids is 1. The number of phenols is 1. The predicted octanol–water partition coefficient (Wildman–Crippen LogP) is 3.58. The van der Waals surface area contributed by atoms with Gasteiger partial charge in [0.25, 0.3) is 10.0 Å². The number of carboxylic acid groups (broad SMARTS) is 1. The fraction of sp³-hybridized carbons (Fsp3) is 0. The van der Waals surface area contributed by atoms with Crippen LogP contribution in [0, 0.1) is 0 Å². The molecule has 1 heterocycles. The number of nitrogens with zero attached hydrogens (tertiary/aromatic N) is 2. The van der Waals surface area contributed by atoms with Crippen LogP contribution >= 0.6 is 11.8 Å². The Morgan fingerprint density at radius 1 is 0.933 bits per heavy atom. The molecule has 0 atom stereocenters. The van der Waals surface area contributed by atoms with Gasteiger partial charge in [-0.3, -0.25) is 4.72 Å². The SMILES string of the molecule is O=C(O)c1ccc(NS(=O)(=O)c2ccc(Sc3ccc(O)cc3)c3nonc23)cc1. The largest absolute Gasteiger partial charge is 0.508 e. The molecular formula is C19H13N3O6S2. The number of carbonyl (C=O) groups is 1. The number of aromatic nitrogens is 2. The maximum atomic E-state index is 12.9. The van der Waals surface area contributed by atoms with E-state index in [4.69, 9.17) is 9.74 Å². The summed E-state index contributed by atoms with van der Waals surface area (Å²) in [5, 5.41) is 25.9. The summed E-state index contributed by atoms with van der Waals surface area (Å²) in [5.41, 5.74) is 0.578. The molecule has 0 fully saturated rings. The average molecular weight is 443 g/mol. The van der Waals surface area contributed by atoms with Crippen molar-refractivity contribution in [3.05, 3.63) is 66.2 Å². The molecule has 0 unspecified atom stereocenters. The van der Waals surface area contributed by atoms with Crippen molar-refractivity contribution in [2.45, 2.75) is 14.7 Å². The first-order valence-electron chi connectivity index (χ1n) is 8.42. The van der Waals surface area contributed by atoms with Crippen LogP contribution < -0.4 is 4.72 Å². The van der Waals surface area contributed by atoms with E-state index < -0.39 is 16.0 Å². The van der Waals surface area contributed by atoms with Crippen LogP contribution in [0.1, 0.15) is 10.4 Å². The Morgan fingerprint density at radius 3 is 2.27 bits per heavy atom. The van der Waals surface area contributed by atoms with Crippen molar-refractivity contribution in [2.24, 2.45) is 0 Å². The number of hydrogen-bond acceptors (Lipinski definition) is 8. The van der Waals surface area contributed by atoms with Crippen molar-refractivity contribution in [2.75, 3.05) is 4.72 Å². The van der Waals surface area contributed by atoms with E-state index in [9.17, 15) is 18.3 Å². The molecule has 11 heteroatoms. The van der Waals surface area contributed by atoms with Crippen molar-refractivity contribution in [1.29, 1.82) is 0 Å². The zero-order chi connectivity index (χ0) is 21.3. The van der Waals surface area contributed by atoms with Crippen molar-refractivity contribution in [1.82, 2.24) is 10.3 Å². The van der Waals surface area contributed by atoms with E-state index >= 15 is 0 Å². The third kappa shape index (κ3) is 3.93. The monoisotopic (exact) mass is 443 g/mol. The van der Waals surface area contributed by atoms with E-state index in [1.165, 1.54) is 42.1 Å². The summed E-state index contributed by atoms with van der Waals surface area (Å²) < 4.78 is 32.9. The van der Waals surface area contributed by atoms with Gasteiger partial charge in [0.15, 0.2) is 11.0 Å². The van der Waals surface area contributed by atoms with Crippen LogP contribution in [0.5, 0.6) is 5.75 Å². The first-order valence-corrected chi connectivity index (χ1v) is 10.7. The van der Waals surface area contributed by atoms with Crippen molar-refractivity contribution in [3.8, 4) is 5.75 Å². The topological polar surface area (TPSA) is 143 Å². The summed E-state index contributed by atoms with van der Waals surface area (Å²) in [7, 11) is -4.04. The van der Waals surface area contributed by atoms with Gasteiger partial charge < -0.3 is 10.2 Å². The molecule has 0 aliphatic heterocycles.